The number of carbonyl (C=O) groups is 2. The largest absolute Gasteiger partial charge is 0.322 e. The maximum absolute atomic E-state index is 13.2. The molecule has 0 saturated carbocycles. The van der Waals surface area contributed by atoms with Gasteiger partial charge in [-0.05, 0) is 48.9 Å². The lowest BCUT2D eigenvalue weighted by molar-refractivity contribution is 0.102. The van der Waals surface area contributed by atoms with E-state index in [4.69, 9.17) is 0 Å². The van der Waals surface area contributed by atoms with Crippen molar-refractivity contribution in [1.82, 2.24) is 4.98 Å². The van der Waals surface area contributed by atoms with Gasteiger partial charge < -0.3 is 10.6 Å². The van der Waals surface area contributed by atoms with Crippen molar-refractivity contribution in [3.8, 4) is 0 Å². The van der Waals surface area contributed by atoms with E-state index in [0.717, 1.165) is 5.56 Å². The van der Waals surface area contributed by atoms with Gasteiger partial charge in [0, 0.05) is 23.1 Å². The summed E-state index contributed by atoms with van der Waals surface area (Å²) in [6.07, 6.45) is 1.38. The van der Waals surface area contributed by atoms with Crippen LogP contribution in [0.2, 0.25) is 0 Å². The van der Waals surface area contributed by atoms with Crippen LogP contribution in [0.5, 0.6) is 0 Å². The number of amides is 2. The standard InChI is InChI=1S/C20H16FN3O2/c1-13-5-2-3-8-17(13)24-20(26)18-11-14(9-10-22-18)19(25)23-16-7-4-6-15(21)12-16/h2-12H,1H3,(H,23,25)(H,24,26). The van der Waals surface area contributed by atoms with E-state index in [1.165, 1.54) is 36.5 Å². The third-order valence-electron chi connectivity index (χ3n) is 3.73. The zero-order valence-corrected chi connectivity index (χ0v) is 14.0. The molecule has 0 aliphatic rings. The van der Waals surface area contributed by atoms with Gasteiger partial charge in [-0.3, -0.25) is 14.6 Å². The molecule has 0 unspecified atom stereocenters. The molecule has 130 valence electrons. The summed E-state index contributed by atoms with van der Waals surface area (Å²) in [5, 5.41) is 5.35. The highest BCUT2D eigenvalue weighted by Gasteiger charge is 2.13. The Morgan fingerprint density at radius 2 is 1.73 bits per heavy atom. The monoisotopic (exact) mass is 349 g/mol. The number of aryl methyl sites for hydroxylation is 1. The molecule has 6 heteroatoms. The summed E-state index contributed by atoms with van der Waals surface area (Å²) < 4.78 is 13.2. The number of anilines is 2. The first kappa shape index (κ1) is 17.3. The molecule has 5 nitrogen and oxygen atoms in total. The summed E-state index contributed by atoms with van der Waals surface area (Å²) in [6.45, 7) is 1.88. The minimum Gasteiger partial charge on any atom is -0.322 e. The highest BCUT2D eigenvalue weighted by molar-refractivity contribution is 6.08. The second-order valence-electron chi connectivity index (χ2n) is 5.66. The summed E-state index contributed by atoms with van der Waals surface area (Å²) in [7, 11) is 0. The predicted octanol–water partition coefficient (Wildman–Crippen LogP) is 4.03. The smallest absolute Gasteiger partial charge is 0.274 e. The lowest BCUT2D eigenvalue weighted by Gasteiger charge is -2.09. The highest BCUT2D eigenvalue weighted by Crippen LogP contribution is 2.15. The molecule has 3 aromatic rings. The van der Waals surface area contributed by atoms with Crippen molar-refractivity contribution in [3.63, 3.8) is 0 Å². The van der Waals surface area contributed by atoms with Crippen LogP contribution in [0.1, 0.15) is 26.4 Å². The van der Waals surface area contributed by atoms with Crippen molar-refractivity contribution in [3.05, 3.63) is 89.5 Å². The number of pyridine rings is 1. The van der Waals surface area contributed by atoms with Crippen molar-refractivity contribution < 1.29 is 14.0 Å². The molecule has 0 bridgehead atoms. The lowest BCUT2D eigenvalue weighted by atomic mass is 10.1. The van der Waals surface area contributed by atoms with E-state index in [-0.39, 0.29) is 11.3 Å². The normalized spacial score (nSPS) is 10.2. The number of para-hydroxylation sites is 1. The van der Waals surface area contributed by atoms with Gasteiger partial charge in [-0.1, -0.05) is 24.3 Å². The van der Waals surface area contributed by atoms with Gasteiger partial charge in [0.25, 0.3) is 11.8 Å². The first-order chi connectivity index (χ1) is 12.5. The third kappa shape index (κ3) is 4.10. The Kier molecular flexibility index (Phi) is 5.03. The van der Waals surface area contributed by atoms with Crippen LogP contribution in [0, 0.1) is 12.7 Å². The van der Waals surface area contributed by atoms with E-state index < -0.39 is 17.6 Å². The number of hydrogen-bond donors (Lipinski definition) is 2. The van der Waals surface area contributed by atoms with Crippen LogP contribution in [0.4, 0.5) is 15.8 Å². The second-order valence-corrected chi connectivity index (χ2v) is 5.66. The molecule has 0 atom stereocenters. The Labute approximate surface area is 149 Å². The SMILES string of the molecule is Cc1ccccc1NC(=O)c1cc(C(=O)Nc2cccc(F)c2)ccn1. The summed E-state index contributed by atoms with van der Waals surface area (Å²) in [4.78, 5) is 28.7. The van der Waals surface area contributed by atoms with Crippen molar-refractivity contribution in [2.75, 3.05) is 10.6 Å². The van der Waals surface area contributed by atoms with Crippen LogP contribution in [0.25, 0.3) is 0 Å². The van der Waals surface area contributed by atoms with Crippen molar-refractivity contribution in [2.24, 2.45) is 0 Å². The fraction of sp³-hybridized carbons (Fsp3) is 0.0500. The van der Waals surface area contributed by atoms with Gasteiger partial charge in [0.2, 0.25) is 0 Å². The fourth-order valence-corrected chi connectivity index (χ4v) is 2.36. The maximum atomic E-state index is 13.2. The number of rotatable bonds is 4. The van der Waals surface area contributed by atoms with Gasteiger partial charge in [-0.15, -0.1) is 0 Å². The van der Waals surface area contributed by atoms with Gasteiger partial charge >= 0.3 is 0 Å². The molecule has 0 radical (unpaired) electrons. The van der Waals surface area contributed by atoms with Gasteiger partial charge in [0.15, 0.2) is 0 Å². The van der Waals surface area contributed by atoms with Crippen LogP contribution in [0.15, 0.2) is 66.9 Å². The number of halogens is 1. The summed E-state index contributed by atoms with van der Waals surface area (Å²) >= 11 is 0. The van der Waals surface area contributed by atoms with Crippen LogP contribution < -0.4 is 10.6 Å². The Bertz CT molecular complexity index is 973. The minimum absolute atomic E-state index is 0.111. The average Bonchev–Trinajstić information content (AvgIpc) is 2.63. The summed E-state index contributed by atoms with van der Waals surface area (Å²) in [6, 6.07) is 15.8. The molecular weight excluding hydrogens is 333 g/mol. The Morgan fingerprint density at radius 3 is 2.50 bits per heavy atom. The van der Waals surface area contributed by atoms with Crippen molar-refractivity contribution >= 4 is 23.2 Å². The zero-order chi connectivity index (χ0) is 18.5. The van der Waals surface area contributed by atoms with E-state index in [9.17, 15) is 14.0 Å². The van der Waals surface area contributed by atoms with Crippen molar-refractivity contribution in [2.45, 2.75) is 6.92 Å². The second kappa shape index (κ2) is 7.57. The molecule has 0 saturated heterocycles. The Morgan fingerprint density at radius 1 is 0.923 bits per heavy atom. The number of nitrogens with one attached hydrogen (secondary N) is 2. The molecule has 1 aromatic heterocycles. The number of benzene rings is 2. The van der Waals surface area contributed by atoms with E-state index in [2.05, 4.69) is 15.6 Å². The zero-order valence-electron chi connectivity index (χ0n) is 14.0. The average molecular weight is 349 g/mol. The molecule has 2 amide bonds. The van der Waals surface area contributed by atoms with Gasteiger partial charge in [0.05, 0.1) is 0 Å². The van der Waals surface area contributed by atoms with Crippen LogP contribution in [0.3, 0.4) is 0 Å². The third-order valence-corrected chi connectivity index (χ3v) is 3.73. The topological polar surface area (TPSA) is 71.1 Å². The molecule has 2 N–H and O–H groups in total. The van der Waals surface area contributed by atoms with Crippen LogP contribution in [-0.4, -0.2) is 16.8 Å². The first-order valence-corrected chi connectivity index (χ1v) is 7.93. The number of hydrogen-bond acceptors (Lipinski definition) is 3. The number of aromatic nitrogens is 1. The van der Waals surface area contributed by atoms with Crippen LogP contribution >= 0.6 is 0 Å². The fourth-order valence-electron chi connectivity index (χ4n) is 2.36. The maximum Gasteiger partial charge on any atom is 0.274 e. The molecular formula is C20H16FN3O2. The molecule has 3 rings (SSSR count). The molecule has 26 heavy (non-hydrogen) atoms. The number of nitrogens with zero attached hydrogens (tertiary/aromatic N) is 1. The summed E-state index contributed by atoms with van der Waals surface area (Å²) in [5.74, 6) is -1.32. The molecule has 1 heterocycles. The van der Waals surface area contributed by atoms with Gasteiger partial charge in [0.1, 0.15) is 11.5 Å². The molecule has 0 fully saturated rings. The van der Waals surface area contributed by atoms with E-state index >= 15 is 0 Å². The number of carbonyl (C=O) groups excluding carboxylic acids is 2. The molecule has 2 aromatic carbocycles. The van der Waals surface area contributed by atoms with Crippen molar-refractivity contribution in [1.29, 1.82) is 0 Å². The Hall–Kier alpha value is -3.54. The molecule has 0 aliphatic carbocycles. The highest BCUT2D eigenvalue weighted by atomic mass is 19.1. The van der Waals surface area contributed by atoms with E-state index in [0.29, 0.717) is 11.4 Å². The summed E-state index contributed by atoms with van der Waals surface area (Å²) in [5.41, 5.74) is 2.28. The minimum atomic E-state index is -0.456. The van der Waals surface area contributed by atoms with E-state index in [1.54, 1.807) is 12.1 Å². The first-order valence-electron chi connectivity index (χ1n) is 7.93. The molecule has 0 aliphatic heterocycles. The lowest BCUT2D eigenvalue weighted by Crippen LogP contribution is -2.17. The Balaban J connectivity index is 1.76. The predicted molar refractivity (Wildman–Crippen MR) is 97.7 cm³/mol. The molecule has 0 spiro atoms. The quantitative estimate of drug-likeness (QED) is 0.747. The van der Waals surface area contributed by atoms with Gasteiger partial charge in [-0.2, -0.15) is 0 Å². The van der Waals surface area contributed by atoms with Crippen LogP contribution in [-0.2, 0) is 0 Å². The van der Waals surface area contributed by atoms with Gasteiger partial charge in [-0.25, -0.2) is 4.39 Å². The van der Waals surface area contributed by atoms with E-state index in [1.807, 2.05) is 25.1 Å².